The van der Waals surface area contributed by atoms with Crippen molar-refractivity contribution in [1.82, 2.24) is 15.0 Å². The van der Waals surface area contributed by atoms with E-state index in [0.717, 1.165) is 24.5 Å². The van der Waals surface area contributed by atoms with Crippen LogP contribution in [-0.2, 0) is 11.2 Å². The van der Waals surface area contributed by atoms with E-state index >= 15 is 0 Å². The molecule has 2 N–H and O–H groups in total. The number of ether oxygens (including phenoxy) is 1. The van der Waals surface area contributed by atoms with Crippen molar-refractivity contribution in [1.29, 1.82) is 0 Å². The van der Waals surface area contributed by atoms with E-state index < -0.39 is 0 Å². The third kappa shape index (κ3) is 1.77. The molecule has 3 aliphatic rings. The molecule has 3 unspecified atom stereocenters. The molecule has 0 radical (unpaired) electrons. The Morgan fingerprint density at radius 3 is 3.04 bits per heavy atom. The molecule has 2 saturated carbocycles. The third-order valence-corrected chi connectivity index (χ3v) is 6.51. The molecule has 5 rings (SSSR count). The zero-order valence-electron chi connectivity index (χ0n) is 13.6. The summed E-state index contributed by atoms with van der Waals surface area (Å²) in [5.74, 6) is 1.66. The lowest BCUT2D eigenvalue weighted by Gasteiger charge is -2.57. The summed E-state index contributed by atoms with van der Waals surface area (Å²) in [7, 11) is 0. The number of H-pyrrole nitrogens is 1. The minimum Gasteiger partial charge on any atom is -0.377 e. The van der Waals surface area contributed by atoms with Crippen LogP contribution in [-0.4, -0.2) is 33.7 Å². The average Bonchev–Trinajstić information content (AvgIpc) is 3.29. The zero-order valence-corrected chi connectivity index (χ0v) is 13.6. The molecule has 122 valence electrons. The van der Waals surface area contributed by atoms with Crippen LogP contribution in [0, 0.1) is 11.3 Å². The Kier molecular flexibility index (Phi) is 2.96. The smallest absolute Gasteiger partial charge is 0.143 e. The predicted octanol–water partition coefficient (Wildman–Crippen LogP) is 3.28. The Balaban J connectivity index is 1.53. The predicted molar refractivity (Wildman–Crippen MR) is 89.4 cm³/mol. The molecule has 0 amide bonds. The first-order chi connectivity index (χ1) is 11.3. The van der Waals surface area contributed by atoms with Crippen molar-refractivity contribution >= 4 is 16.9 Å². The maximum Gasteiger partial charge on any atom is 0.143 e. The molecule has 1 spiro atoms. The molecule has 5 heteroatoms. The molecular formula is C18H24N4O. The van der Waals surface area contributed by atoms with Crippen LogP contribution in [0.1, 0.15) is 44.6 Å². The minimum atomic E-state index is 0.348. The molecule has 1 aliphatic heterocycles. The lowest BCUT2D eigenvalue weighted by molar-refractivity contribution is -0.111. The van der Waals surface area contributed by atoms with Crippen LogP contribution in [0.2, 0.25) is 0 Å². The topological polar surface area (TPSA) is 62.8 Å². The van der Waals surface area contributed by atoms with E-state index in [4.69, 9.17) is 4.74 Å². The zero-order chi connectivity index (χ0) is 15.4. The van der Waals surface area contributed by atoms with Crippen molar-refractivity contribution in [2.45, 2.75) is 57.6 Å². The second-order valence-electron chi connectivity index (χ2n) is 7.42. The molecule has 2 aromatic rings. The van der Waals surface area contributed by atoms with E-state index in [1.165, 1.54) is 43.1 Å². The second-order valence-corrected chi connectivity index (χ2v) is 7.42. The first kappa shape index (κ1) is 13.8. The van der Waals surface area contributed by atoms with Gasteiger partial charge in [-0.25, -0.2) is 9.97 Å². The molecule has 0 aromatic carbocycles. The first-order valence-electron chi connectivity index (χ1n) is 9.02. The van der Waals surface area contributed by atoms with E-state index in [1.54, 1.807) is 6.33 Å². The van der Waals surface area contributed by atoms with Gasteiger partial charge in [-0.05, 0) is 31.2 Å². The highest BCUT2D eigenvalue weighted by atomic mass is 16.5. The van der Waals surface area contributed by atoms with Gasteiger partial charge in [0.05, 0.1) is 11.5 Å². The number of rotatable bonds is 3. The Morgan fingerprint density at radius 2 is 2.22 bits per heavy atom. The van der Waals surface area contributed by atoms with Gasteiger partial charge in [-0.2, -0.15) is 0 Å². The van der Waals surface area contributed by atoms with Crippen molar-refractivity contribution < 1.29 is 4.74 Å². The van der Waals surface area contributed by atoms with Gasteiger partial charge < -0.3 is 15.0 Å². The van der Waals surface area contributed by atoms with Gasteiger partial charge in [-0.15, -0.1) is 0 Å². The summed E-state index contributed by atoms with van der Waals surface area (Å²) in [4.78, 5) is 12.3. The maximum atomic E-state index is 6.10. The molecule has 3 fully saturated rings. The van der Waals surface area contributed by atoms with Gasteiger partial charge >= 0.3 is 0 Å². The average molecular weight is 312 g/mol. The molecule has 2 aromatic heterocycles. The van der Waals surface area contributed by atoms with Gasteiger partial charge in [0.25, 0.3) is 0 Å². The molecular weight excluding hydrogens is 288 g/mol. The fourth-order valence-electron chi connectivity index (χ4n) is 5.47. The second kappa shape index (κ2) is 4.94. The monoisotopic (exact) mass is 312 g/mol. The number of hydrogen-bond acceptors (Lipinski definition) is 4. The van der Waals surface area contributed by atoms with Crippen LogP contribution < -0.4 is 5.32 Å². The van der Waals surface area contributed by atoms with Gasteiger partial charge in [-0.3, -0.25) is 0 Å². The van der Waals surface area contributed by atoms with Crippen molar-refractivity contribution in [3.63, 3.8) is 0 Å². The summed E-state index contributed by atoms with van der Waals surface area (Å²) in [6.45, 7) is 3.11. The minimum absolute atomic E-state index is 0.348. The normalized spacial score (nSPS) is 31.4. The van der Waals surface area contributed by atoms with E-state index in [-0.39, 0.29) is 0 Å². The standard InChI is InChI=1S/C18H24N4O/c1-2-11-9-19-16-13(11)17(21-10-20-16)22-14-12-5-8-23-15(12)18(14)6-3-4-7-18/h9-10,12,14-15H,2-8H2,1H3,(H2,19,20,21,22). The van der Waals surface area contributed by atoms with E-state index in [2.05, 4.69) is 33.4 Å². The van der Waals surface area contributed by atoms with Crippen molar-refractivity contribution in [3.8, 4) is 0 Å². The third-order valence-electron chi connectivity index (χ3n) is 6.51. The molecule has 1 saturated heterocycles. The van der Waals surface area contributed by atoms with Crippen LogP contribution in [0.25, 0.3) is 11.0 Å². The van der Waals surface area contributed by atoms with Crippen LogP contribution in [0.3, 0.4) is 0 Å². The maximum absolute atomic E-state index is 6.10. The lowest BCUT2D eigenvalue weighted by atomic mass is 9.54. The number of nitrogens with zero attached hydrogens (tertiary/aromatic N) is 2. The number of nitrogens with one attached hydrogen (secondary N) is 2. The Hall–Kier alpha value is -1.62. The Bertz CT molecular complexity index is 734. The highest BCUT2D eigenvalue weighted by Crippen LogP contribution is 2.61. The van der Waals surface area contributed by atoms with Gasteiger partial charge in [0.2, 0.25) is 0 Å². The van der Waals surface area contributed by atoms with E-state index in [1.807, 2.05) is 0 Å². The largest absolute Gasteiger partial charge is 0.377 e. The number of fused-ring (bicyclic) bond motifs is 3. The molecule has 5 nitrogen and oxygen atoms in total. The summed E-state index contributed by atoms with van der Waals surface area (Å²) in [5.41, 5.74) is 2.58. The summed E-state index contributed by atoms with van der Waals surface area (Å²) >= 11 is 0. The Labute approximate surface area is 136 Å². The number of aromatic nitrogens is 3. The highest BCUT2D eigenvalue weighted by molar-refractivity contribution is 5.90. The van der Waals surface area contributed by atoms with Crippen molar-refractivity contribution in [2.24, 2.45) is 11.3 Å². The number of anilines is 1. The van der Waals surface area contributed by atoms with Gasteiger partial charge in [0.1, 0.15) is 17.8 Å². The molecule has 0 bridgehead atoms. The van der Waals surface area contributed by atoms with Gasteiger partial charge in [-0.1, -0.05) is 19.8 Å². The van der Waals surface area contributed by atoms with Crippen LogP contribution in [0.15, 0.2) is 12.5 Å². The fourth-order valence-corrected chi connectivity index (χ4v) is 5.47. The first-order valence-corrected chi connectivity index (χ1v) is 9.02. The summed E-state index contributed by atoms with van der Waals surface area (Å²) < 4.78 is 6.10. The SMILES string of the molecule is CCc1c[nH]c2ncnc(NC3C4CCOC4C34CCCC4)c12. The number of aromatic amines is 1. The fraction of sp³-hybridized carbons (Fsp3) is 0.667. The quantitative estimate of drug-likeness (QED) is 0.913. The number of hydrogen-bond donors (Lipinski definition) is 2. The summed E-state index contributed by atoms with van der Waals surface area (Å²) in [6, 6.07) is 0.509. The molecule has 3 atom stereocenters. The van der Waals surface area contributed by atoms with Crippen LogP contribution in [0.4, 0.5) is 5.82 Å². The summed E-state index contributed by atoms with van der Waals surface area (Å²) in [6.07, 6.45) is 11.7. The molecule has 2 aliphatic carbocycles. The van der Waals surface area contributed by atoms with Crippen molar-refractivity contribution in [2.75, 3.05) is 11.9 Å². The van der Waals surface area contributed by atoms with E-state index in [9.17, 15) is 0 Å². The Morgan fingerprint density at radius 1 is 1.35 bits per heavy atom. The lowest BCUT2D eigenvalue weighted by Crippen LogP contribution is -2.64. The van der Waals surface area contributed by atoms with Crippen molar-refractivity contribution in [3.05, 3.63) is 18.1 Å². The van der Waals surface area contributed by atoms with Gasteiger partial charge in [0.15, 0.2) is 0 Å². The number of aryl methyl sites for hydroxylation is 1. The van der Waals surface area contributed by atoms with Crippen LogP contribution >= 0.6 is 0 Å². The van der Waals surface area contributed by atoms with Crippen LogP contribution in [0.5, 0.6) is 0 Å². The highest BCUT2D eigenvalue weighted by Gasteiger charge is 2.65. The molecule has 23 heavy (non-hydrogen) atoms. The van der Waals surface area contributed by atoms with Gasteiger partial charge in [0, 0.05) is 30.2 Å². The molecule has 3 heterocycles. The summed E-state index contributed by atoms with van der Waals surface area (Å²) in [5, 5.41) is 5.01. The van der Waals surface area contributed by atoms with E-state index in [0.29, 0.717) is 23.5 Å².